The Hall–Kier alpha value is -2.67. The van der Waals surface area contributed by atoms with E-state index < -0.39 is 10.8 Å². The highest BCUT2D eigenvalue weighted by atomic mass is 16.6. The van der Waals surface area contributed by atoms with Crippen LogP contribution in [0.5, 0.6) is 5.75 Å². The summed E-state index contributed by atoms with van der Waals surface area (Å²) < 4.78 is 5.29. The molecule has 0 fully saturated rings. The summed E-state index contributed by atoms with van der Waals surface area (Å²) >= 11 is 0. The lowest BCUT2D eigenvalue weighted by atomic mass is 10.1. The van der Waals surface area contributed by atoms with Gasteiger partial charge >= 0.3 is 0 Å². The first-order chi connectivity index (χ1) is 9.13. The number of nitro benzene ring substituents is 1. The van der Waals surface area contributed by atoms with Crippen LogP contribution < -0.4 is 16.0 Å². The number of ether oxygens (including phenoxy) is 1. The predicted molar refractivity (Wildman–Crippen MR) is 68.4 cm³/mol. The number of hydrazine groups is 1. The van der Waals surface area contributed by atoms with Crippen molar-refractivity contribution >= 4 is 22.4 Å². The van der Waals surface area contributed by atoms with E-state index in [2.05, 4.69) is 0 Å². The minimum Gasteiger partial charge on any atom is -0.483 e. The van der Waals surface area contributed by atoms with Gasteiger partial charge in [0.15, 0.2) is 6.61 Å². The zero-order valence-corrected chi connectivity index (χ0v) is 9.83. The summed E-state index contributed by atoms with van der Waals surface area (Å²) in [6.07, 6.45) is 0. The average Bonchev–Trinajstić information content (AvgIpc) is 2.43. The lowest BCUT2D eigenvalue weighted by Crippen LogP contribution is -2.34. The van der Waals surface area contributed by atoms with E-state index in [1.165, 1.54) is 12.1 Å². The second-order valence-corrected chi connectivity index (χ2v) is 3.74. The molecule has 0 atom stereocenters. The fourth-order valence-corrected chi connectivity index (χ4v) is 1.73. The van der Waals surface area contributed by atoms with Gasteiger partial charge in [-0.1, -0.05) is 18.2 Å². The van der Waals surface area contributed by atoms with Crippen molar-refractivity contribution in [2.24, 2.45) is 5.84 Å². The first-order valence-electron chi connectivity index (χ1n) is 5.42. The quantitative estimate of drug-likeness (QED) is 0.371. The van der Waals surface area contributed by atoms with Crippen LogP contribution in [0.1, 0.15) is 0 Å². The SMILES string of the molecule is NNC(=O)COc1ccc([N+](=O)[O-])c2ccccc12. The zero-order valence-electron chi connectivity index (χ0n) is 9.83. The first kappa shape index (κ1) is 12.8. The van der Waals surface area contributed by atoms with Crippen molar-refractivity contribution in [2.75, 3.05) is 6.61 Å². The number of hydrogen-bond acceptors (Lipinski definition) is 5. The third-order valence-electron chi connectivity index (χ3n) is 2.58. The van der Waals surface area contributed by atoms with E-state index in [-0.39, 0.29) is 12.3 Å². The molecule has 0 saturated carbocycles. The van der Waals surface area contributed by atoms with E-state index in [4.69, 9.17) is 10.6 Å². The van der Waals surface area contributed by atoms with Crippen LogP contribution in [0.4, 0.5) is 5.69 Å². The molecule has 1 amide bonds. The maximum Gasteiger partial charge on any atom is 0.277 e. The zero-order chi connectivity index (χ0) is 13.8. The third kappa shape index (κ3) is 2.61. The van der Waals surface area contributed by atoms with Crippen LogP contribution in [-0.4, -0.2) is 17.4 Å². The Kier molecular flexibility index (Phi) is 3.58. The molecule has 0 heterocycles. The summed E-state index contributed by atoms with van der Waals surface area (Å²) in [5.74, 6) is 4.85. The van der Waals surface area contributed by atoms with Crippen LogP contribution in [0.3, 0.4) is 0 Å². The predicted octanol–water partition coefficient (Wildman–Crippen LogP) is 1.12. The summed E-state index contributed by atoms with van der Waals surface area (Å²) in [4.78, 5) is 21.5. The number of hydrogen-bond donors (Lipinski definition) is 2. The normalized spacial score (nSPS) is 10.2. The molecule has 2 rings (SSSR count). The fourth-order valence-electron chi connectivity index (χ4n) is 1.73. The summed E-state index contributed by atoms with van der Waals surface area (Å²) in [5, 5.41) is 12.0. The van der Waals surface area contributed by atoms with Gasteiger partial charge in [0.2, 0.25) is 0 Å². The van der Waals surface area contributed by atoms with Crippen LogP contribution in [0.2, 0.25) is 0 Å². The second-order valence-electron chi connectivity index (χ2n) is 3.74. The van der Waals surface area contributed by atoms with E-state index in [9.17, 15) is 14.9 Å². The molecule has 2 aromatic rings. The number of benzene rings is 2. The van der Waals surface area contributed by atoms with Crippen LogP contribution >= 0.6 is 0 Å². The number of nitrogens with zero attached hydrogens (tertiary/aromatic N) is 1. The van der Waals surface area contributed by atoms with Crippen LogP contribution in [0, 0.1) is 10.1 Å². The van der Waals surface area contributed by atoms with E-state index in [0.29, 0.717) is 16.5 Å². The molecule has 0 aliphatic rings. The lowest BCUT2D eigenvalue weighted by Gasteiger charge is -2.08. The summed E-state index contributed by atoms with van der Waals surface area (Å²) in [6.45, 7) is -0.252. The molecule has 3 N–H and O–H groups in total. The lowest BCUT2D eigenvalue weighted by molar-refractivity contribution is -0.383. The monoisotopic (exact) mass is 261 g/mol. The van der Waals surface area contributed by atoms with Crippen LogP contribution in [0.25, 0.3) is 10.8 Å². The van der Waals surface area contributed by atoms with Gasteiger partial charge in [-0.05, 0) is 12.1 Å². The van der Waals surface area contributed by atoms with Crippen molar-refractivity contribution in [1.82, 2.24) is 5.43 Å². The topological polar surface area (TPSA) is 107 Å². The van der Waals surface area contributed by atoms with Gasteiger partial charge in [-0.2, -0.15) is 0 Å². The van der Waals surface area contributed by atoms with Gasteiger partial charge in [0.1, 0.15) is 5.75 Å². The van der Waals surface area contributed by atoms with Gasteiger partial charge in [0.05, 0.1) is 10.3 Å². The largest absolute Gasteiger partial charge is 0.483 e. The molecular weight excluding hydrogens is 250 g/mol. The Morgan fingerprint density at radius 3 is 2.58 bits per heavy atom. The fraction of sp³-hybridized carbons (Fsp3) is 0.0833. The van der Waals surface area contributed by atoms with Gasteiger partial charge in [0.25, 0.3) is 11.6 Å². The number of carbonyl (C=O) groups excluding carboxylic acids is 1. The maximum absolute atomic E-state index is 11.0. The van der Waals surface area contributed by atoms with Crippen molar-refractivity contribution in [3.05, 3.63) is 46.5 Å². The number of fused-ring (bicyclic) bond motifs is 1. The molecule has 2 aromatic carbocycles. The number of nitro groups is 1. The van der Waals surface area contributed by atoms with E-state index >= 15 is 0 Å². The molecule has 0 unspecified atom stereocenters. The Bertz CT molecular complexity index is 642. The van der Waals surface area contributed by atoms with Crippen molar-refractivity contribution < 1.29 is 14.5 Å². The van der Waals surface area contributed by atoms with Gasteiger partial charge in [0, 0.05) is 11.5 Å². The summed E-state index contributed by atoms with van der Waals surface area (Å²) in [5.41, 5.74) is 1.93. The van der Waals surface area contributed by atoms with Crippen molar-refractivity contribution in [3.8, 4) is 5.75 Å². The minimum atomic E-state index is -0.484. The van der Waals surface area contributed by atoms with Crippen molar-refractivity contribution in [1.29, 1.82) is 0 Å². The molecule has 0 saturated heterocycles. The Labute approximate surface area is 108 Å². The second kappa shape index (κ2) is 5.32. The smallest absolute Gasteiger partial charge is 0.277 e. The van der Waals surface area contributed by atoms with Gasteiger partial charge in [-0.3, -0.25) is 20.3 Å². The van der Waals surface area contributed by atoms with Gasteiger partial charge < -0.3 is 4.74 Å². The standard InChI is InChI=1S/C12H11N3O4/c13-14-12(16)7-19-11-6-5-10(15(17)18)8-3-1-2-4-9(8)11/h1-6H,7,13H2,(H,14,16). The van der Waals surface area contributed by atoms with Gasteiger partial charge in [-0.25, -0.2) is 5.84 Å². The van der Waals surface area contributed by atoms with Crippen LogP contribution in [-0.2, 0) is 4.79 Å². The number of nitrogens with one attached hydrogen (secondary N) is 1. The van der Waals surface area contributed by atoms with E-state index in [1.807, 2.05) is 5.43 Å². The number of carbonyl (C=O) groups is 1. The minimum absolute atomic E-state index is 0.00812. The number of non-ortho nitro benzene ring substituents is 1. The highest BCUT2D eigenvalue weighted by Gasteiger charge is 2.14. The molecule has 7 heteroatoms. The third-order valence-corrected chi connectivity index (χ3v) is 2.58. The van der Waals surface area contributed by atoms with Crippen molar-refractivity contribution in [2.45, 2.75) is 0 Å². The molecule has 98 valence electrons. The van der Waals surface area contributed by atoms with Gasteiger partial charge in [-0.15, -0.1) is 0 Å². The molecule has 0 aromatic heterocycles. The number of amides is 1. The van der Waals surface area contributed by atoms with Crippen LogP contribution in [0.15, 0.2) is 36.4 Å². The Balaban J connectivity index is 2.44. The number of rotatable bonds is 4. The maximum atomic E-state index is 11.0. The van der Waals surface area contributed by atoms with E-state index in [0.717, 1.165) is 0 Å². The molecule has 0 aliphatic carbocycles. The number of nitrogens with two attached hydrogens (primary N) is 1. The molecule has 0 spiro atoms. The highest BCUT2D eigenvalue weighted by molar-refractivity contribution is 5.95. The van der Waals surface area contributed by atoms with E-state index in [1.54, 1.807) is 24.3 Å². The molecule has 19 heavy (non-hydrogen) atoms. The molecule has 0 radical (unpaired) electrons. The summed E-state index contributed by atoms with van der Waals surface area (Å²) in [7, 11) is 0. The average molecular weight is 261 g/mol. The Morgan fingerprint density at radius 2 is 1.95 bits per heavy atom. The highest BCUT2D eigenvalue weighted by Crippen LogP contribution is 2.32. The first-order valence-corrected chi connectivity index (χ1v) is 5.42. The van der Waals surface area contributed by atoms with Crippen molar-refractivity contribution in [3.63, 3.8) is 0 Å². The molecule has 0 bridgehead atoms. The molecular formula is C12H11N3O4. The summed E-state index contributed by atoms with van der Waals surface area (Å²) in [6, 6.07) is 9.57. The molecule has 0 aliphatic heterocycles. The molecule has 7 nitrogen and oxygen atoms in total. The Morgan fingerprint density at radius 1 is 1.26 bits per heavy atom.